The topological polar surface area (TPSA) is 85.2 Å². The molecule has 0 radical (unpaired) electrons. The van der Waals surface area contributed by atoms with Crippen LogP contribution in [0.25, 0.3) is 11.1 Å². The summed E-state index contributed by atoms with van der Waals surface area (Å²) >= 11 is 0. The van der Waals surface area contributed by atoms with E-state index in [1.807, 2.05) is 0 Å². The number of carbonyl (C=O) groups is 1. The number of hydrogen-bond acceptors (Lipinski definition) is 4. The summed E-state index contributed by atoms with van der Waals surface area (Å²) in [6.45, 7) is 0. The smallest absolute Gasteiger partial charge is 0.354 e. The number of aromatic nitrogens is 1. The normalized spacial score (nSPS) is 10.1. The molecule has 0 aliphatic carbocycles. The second-order valence-corrected chi connectivity index (χ2v) is 3.57. The van der Waals surface area contributed by atoms with Crippen molar-refractivity contribution in [2.24, 2.45) is 0 Å². The molecule has 18 heavy (non-hydrogen) atoms. The van der Waals surface area contributed by atoms with Gasteiger partial charge < -0.3 is 9.72 Å². The molecule has 2 aromatic rings. The van der Waals surface area contributed by atoms with Crippen molar-refractivity contribution in [1.29, 1.82) is 0 Å². The number of para-hydroxylation sites is 1. The van der Waals surface area contributed by atoms with Crippen molar-refractivity contribution in [3.63, 3.8) is 0 Å². The zero-order valence-corrected chi connectivity index (χ0v) is 9.54. The number of nitro benzene ring substituents is 1. The van der Waals surface area contributed by atoms with Gasteiger partial charge in [0, 0.05) is 17.8 Å². The summed E-state index contributed by atoms with van der Waals surface area (Å²) in [4.78, 5) is 24.5. The summed E-state index contributed by atoms with van der Waals surface area (Å²) in [5.41, 5.74) is 1.27. The summed E-state index contributed by atoms with van der Waals surface area (Å²) in [6.07, 6.45) is 1.54. The Hall–Kier alpha value is -2.63. The molecule has 0 spiro atoms. The number of H-pyrrole nitrogens is 1. The highest BCUT2D eigenvalue weighted by molar-refractivity contribution is 5.90. The number of nitrogens with one attached hydrogen (secondary N) is 1. The van der Waals surface area contributed by atoms with Crippen molar-refractivity contribution in [3.05, 3.63) is 52.3 Å². The monoisotopic (exact) mass is 246 g/mol. The number of nitrogens with zero attached hydrogens (tertiary/aromatic N) is 1. The van der Waals surface area contributed by atoms with Gasteiger partial charge in [0.2, 0.25) is 0 Å². The van der Waals surface area contributed by atoms with Crippen LogP contribution in [0.2, 0.25) is 0 Å². The van der Waals surface area contributed by atoms with E-state index in [2.05, 4.69) is 9.72 Å². The molecule has 0 unspecified atom stereocenters. The van der Waals surface area contributed by atoms with Crippen LogP contribution in [0, 0.1) is 10.1 Å². The summed E-state index contributed by atoms with van der Waals surface area (Å²) in [7, 11) is 1.27. The fraction of sp³-hybridized carbons (Fsp3) is 0.0833. The summed E-state index contributed by atoms with van der Waals surface area (Å²) in [6, 6.07) is 7.86. The van der Waals surface area contributed by atoms with Gasteiger partial charge in [-0.15, -0.1) is 0 Å². The first kappa shape index (κ1) is 11.8. The van der Waals surface area contributed by atoms with Crippen LogP contribution < -0.4 is 0 Å². The molecule has 0 saturated heterocycles. The lowest BCUT2D eigenvalue weighted by molar-refractivity contribution is -0.384. The van der Waals surface area contributed by atoms with Gasteiger partial charge in [0.05, 0.1) is 17.6 Å². The van der Waals surface area contributed by atoms with Crippen LogP contribution in [0.3, 0.4) is 0 Å². The Morgan fingerprint density at radius 2 is 2.11 bits per heavy atom. The maximum absolute atomic E-state index is 11.3. The molecule has 0 bridgehead atoms. The Kier molecular flexibility index (Phi) is 3.09. The second kappa shape index (κ2) is 4.70. The van der Waals surface area contributed by atoms with Gasteiger partial charge in [-0.05, 0) is 12.1 Å². The highest BCUT2D eigenvalue weighted by Crippen LogP contribution is 2.29. The van der Waals surface area contributed by atoms with Gasteiger partial charge in [0.25, 0.3) is 5.69 Å². The van der Waals surface area contributed by atoms with E-state index in [9.17, 15) is 14.9 Å². The summed E-state index contributed by atoms with van der Waals surface area (Å²) in [5.74, 6) is -0.514. The lowest BCUT2D eigenvalue weighted by atomic mass is 10.1. The van der Waals surface area contributed by atoms with Gasteiger partial charge in [-0.25, -0.2) is 4.79 Å². The first-order valence-electron chi connectivity index (χ1n) is 5.14. The molecular formula is C12H10N2O4. The molecule has 0 aliphatic heterocycles. The molecular weight excluding hydrogens is 236 g/mol. The second-order valence-electron chi connectivity index (χ2n) is 3.57. The van der Waals surface area contributed by atoms with Crippen LogP contribution in [0.1, 0.15) is 10.5 Å². The number of esters is 1. The van der Waals surface area contributed by atoms with Crippen LogP contribution in [0.15, 0.2) is 36.5 Å². The van der Waals surface area contributed by atoms with E-state index in [0.717, 1.165) is 0 Å². The van der Waals surface area contributed by atoms with Crippen LogP contribution in [-0.2, 0) is 4.74 Å². The molecule has 92 valence electrons. The molecule has 1 heterocycles. The quantitative estimate of drug-likeness (QED) is 0.511. The largest absolute Gasteiger partial charge is 0.464 e. The van der Waals surface area contributed by atoms with E-state index >= 15 is 0 Å². The van der Waals surface area contributed by atoms with E-state index in [1.165, 1.54) is 25.4 Å². The summed E-state index contributed by atoms with van der Waals surface area (Å²) in [5, 5.41) is 10.9. The third-order valence-electron chi connectivity index (χ3n) is 2.50. The molecule has 1 N–H and O–H groups in total. The van der Waals surface area contributed by atoms with E-state index in [1.54, 1.807) is 18.2 Å². The molecule has 1 aromatic heterocycles. The lowest BCUT2D eigenvalue weighted by Gasteiger charge is -1.99. The first-order valence-corrected chi connectivity index (χ1v) is 5.14. The molecule has 2 rings (SSSR count). The Balaban J connectivity index is 2.46. The number of carbonyl (C=O) groups excluding carboxylic acids is 1. The number of nitro groups is 1. The predicted octanol–water partition coefficient (Wildman–Crippen LogP) is 2.38. The van der Waals surface area contributed by atoms with Crippen molar-refractivity contribution in [2.45, 2.75) is 0 Å². The van der Waals surface area contributed by atoms with Crippen molar-refractivity contribution in [1.82, 2.24) is 4.98 Å². The third kappa shape index (κ3) is 2.08. The molecule has 1 aromatic carbocycles. The van der Waals surface area contributed by atoms with Crippen molar-refractivity contribution < 1.29 is 14.5 Å². The van der Waals surface area contributed by atoms with Crippen molar-refractivity contribution in [3.8, 4) is 11.1 Å². The van der Waals surface area contributed by atoms with Gasteiger partial charge in [0.1, 0.15) is 5.69 Å². The zero-order valence-electron chi connectivity index (χ0n) is 9.54. The molecule has 0 fully saturated rings. The van der Waals surface area contributed by atoms with Crippen molar-refractivity contribution in [2.75, 3.05) is 7.11 Å². The Bertz CT molecular complexity index is 604. The Labute approximate surface area is 102 Å². The molecule has 0 amide bonds. The van der Waals surface area contributed by atoms with E-state index < -0.39 is 10.9 Å². The average Bonchev–Trinajstić information content (AvgIpc) is 2.87. The predicted molar refractivity (Wildman–Crippen MR) is 64.2 cm³/mol. The minimum absolute atomic E-state index is 0.00656. The van der Waals surface area contributed by atoms with Crippen LogP contribution >= 0.6 is 0 Å². The Morgan fingerprint density at radius 1 is 1.39 bits per heavy atom. The molecule has 0 atom stereocenters. The molecule has 6 nitrogen and oxygen atoms in total. The highest BCUT2D eigenvalue weighted by atomic mass is 16.6. The number of ether oxygens (including phenoxy) is 1. The van der Waals surface area contributed by atoms with E-state index in [-0.39, 0.29) is 11.4 Å². The van der Waals surface area contributed by atoms with Crippen molar-refractivity contribution >= 4 is 11.7 Å². The molecule has 0 aliphatic rings. The maximum Gasteiger partial charge on any atom is 0.354 e. The maximum atomic E-state index is 11.3. The van der Waals surface area contributed by atoms with Crippen LogP contribution in [0.5, 0.6) is 0 Å². The molecule has 0 saturated carbocycles. The number of rotatable bonds is 3. The SMILES string of the molecule is COC(=O)c1cc(-c2ccccc2[N+](=O)[O-])c[nH]1. The van der Waals surface area contributed by atoms with Crippen LogP contribution in [0.4, 0.5) is 5.69 Å². The number of benzene rings is 1. The third-order valence-corrected chi connectivity index (χ3v) is 2.50. The number of aromatic amines is 1. The minimum atomic E-state index is -0.514. The highest BCUT2D eigenvalue weighted by Gasteiger charge is 2.17. The number of hydrogen-bond donors (Lipinski definition) is 1. The lowest BCUT2D eigenvalue weighted by Crippen LogP contribution is -2.00. The Morgan fingerprint density at radius 3 is 2.78 bits per heavy atom. The van der Waals surface area contributed by atoms with Gasteiger partial charge in [0.15, 0.2) is 0 Å². The fourth-order valence-electron chi connectivity index (χ4n) is 1.65. The average molecular weight is 246 g/mol. The fourth-order valence-corrected chi connectivity index (χ4v) is 1.65. The van der Waals surface area contributed by atoms with Crippen LogP contribution in [-0.4, -0.2) is 23.0 Å². The van der Waals surface area contributed by atoms with Gasteiger partial charge in [-0.3, -0.25) is 10.1 Å². The minimum Gasteiger partial charge on any atom is -0.464 e. The standard InChI is InChI=1S/C12H10N2O4/c1-18-12(15)10-6-8(7-13-10)9-4-2-3-5-11(9)14(16)17/h2-7,13H,1H3. The molecule has 6 heteroatoms. The van der Waals surface area contributed by atoms with E-state index in [4.69, 9.17) is 0 Å². The van der Waals surface area contributed by atoms with E-state index in [0.29, 0.717) is 11.1 Å². The zero-order chi connectivity index (χ0) is 13.1. The first-order chi connectivity index (χ1) is 8.63. The van der Waals surface area contributed by atoms with Gasteiger partial charge in [-0.2, -0.15) is 0 Å². The van der Waals surface area contributed by atoms with Gasteiger partial charge >= 0.3 is 5.97 Å². The van der Waals surface area contributed by atoms with Gasteiger partial charge in [-0.1, -0.05) is 12.1 Å². The summed E-state index contributed by atoms with van der Waals surface area (Å²) < 4.78 is 4.56. The number of methoxy groups -OCH3 is 1.